The average molecular weight is 430 g/mol. The highest BCUT2D eigenvalue weighted by Gasteiger charge is 2.28. The fourth-order valence-electron chi connectivity index (χ4n) is 6.43. The topological polar surface area (TPSA) is 4.93 Å². The molecule has 0 saturated heterocycles. The summed E-state index contributed by atoms with van der Waals surface area (Å²) in [6, 6.07) is 26.9. The van der Waals surface area contributed by atoms with E-state index in [9.17, 15) is 0 Å². The molecule has 0 aliphatic heterocycles. The van der Waals surface area contributed by atoms with E-state index in [2.05, 4.69) is 98.1 Å². The second-order valence-electron chi connectivity index (χ2n) is 9.28. The van der Waals surface area contributed by atoms with Gasteiger partial charge in [-0.2, -0.15) is 0 Å². The van der Waals surface area contributed by atoms with Crippen molar-refractivity contribution in [1.29, 1.82) is 0 Å². The smallest absolute Gasteiger partial charge is 0.0494 e. The summed E-state index contributed by atoms with van der Waals surface area (Å²) in [5.74, 6) is 0. The number of benzene rings is 4. The van der Waals surface area contributed by atoms with Crippen molar-refractivity contribution in [2.45, 2.75) is 53.0 Å². The van der Waals surface area contributed by atoms with Gasteiger partial charge in [0.25, 0.3) is 0 Å². The Kier molecular flexibility index (Phi) is 4.87. The van der Waals surface area contributed by atoms with Crippen LogP contribution in [0.1, 0.15) is 54.2 Å². The number of rotatable bonds is 5. The van der Waals surface area contributed by atoms with E-state index in [0.29, 0.717) is 0 Å². The van der Waals surface area contributed by atoms with Gasteiger partial charge in [-0.1, -0.05) is 81.4 Å². The molecule has 1 nitrogen and oxygen atoms in total. The van der Waals surface area contributed by atoms with Crippen LogP contribution in [0.3, 0.4) is 0 Å². The lowest BCUT2D eigenvalue weighted by molar-refractivity contribution is 0.821. The number of hydrogen-bond donors (Lipinski definition) is 0. The molecule has 0 spiro atoms. The maximum atomic E-state index is 2.56. The molecule has 1 heteroatoms. The zero-order valence-electron chi connectivity index (χ0n) is 19.9. The van der Waals surface area contributed by atoms with Crippen LogP contribution in [0.25, 0.3) is 32.9 Å². The second kappa shape index (κ2) is 7.92. The summed E-state index contributed by atoms with van der Waals surface area (Å²) in [6.07, 6.45) is 4.33. The Hall–Kier alpha value is -3.32. The fourth-order valence-corrected chi connectivity index (χ4v) is 6.43. The van der Waals surface area contributed by atoms with Gasteiger partial charge in [-0.25, -0.2) is 0 Å². The maximum absolute atomic E-state index is 2.56. The van der Waals surface area contributed by atoms with Crippen LogP contribution >= 0.6 is 0 Å². The van der Waals surface area contributed by atoms with E-state index in [1.807, 2.05) is 0 Å². The zero-order chi connectivity index (χ0) is 22.5. The number of hydrogen-bond acceptors (Lipinski definition) is 0. The predicted molar refractivity (Wildman–Crippen MR) is 141 cm³/mol. The van der Waals surface area contributed by atoms with Crippen LogP contribution in [-0.4, -0.2) is 4.57 Å². The van der Waals surface area contributed by atoms with Gasteiger partial charge in [-0.15, -0.1) is 0 Å². The monoisotopic (exact) mass is 429 g/mol. The molecule has 6 rings (SSSR count). The van der Waals surface area contributed by atoms with Crippen LogP contribution in [0.4, 0.5) is 0 Å². The Morgan fingerprint density at radius 1 is 0.606 bits per heavy atom. The molecule has 164 valence electrons. The van der Waals surface area contributed by atoms with E-state index in [4.69, 9.17) is 0 Å². The van der Waals surface area contributed by atoms with Gasteiger partial charge in [0.2, 0.25) is 0 Å². The average Bonchev–Trinajstić information content (AvgIpc) is 3.40. The second-order valence-corrected chi connectivity index (χ2v) is 9.28. The molecule has 0 unspecified atom stereocenters. The summed E-state index contributed by atoms with van der Waals surface area (Å²) in [5.41, 5.74) is 15.1. The highest BCUT2D eigenvalue weighted by atomic mass is 15.0. The lowest BCUT2D eigenvalue weighted by Crippen LogP contribution is -2.12. The summed E-state index contributed by atoms with van der Waals surface area (Å²) in [4.78, 5) is 0. The molecular weight excluding hydrogens is 398 g/mol. The van der Waals surface area contributed by atoms with Crippen molar-refractivity contribution in [1.82, 2.24) is 4.57 Å². The first-order valence-electron chi connectivity index (χ1n) is 12.5. The molecule has 0 atom stereocenters. The predicted octanol–water partition coefficient (Wildman–Crippen LogP) is 8.10. The van der Waals surface area contributed by atoms with Gasteiger partial charge in [0, 0.05) is 28.4 Å². The zero-order valence-corrected chi connectivity index (χ0v) is 19.9. The standard InChI is InChI=1S/C32H31N/c1-4-22-24(6-3)32-25-14-8-7-13-21(25)19-28(32)23(5-2)29(22)20-33-30-17-11-9-15-26(30)27-16-10-12-18-31(27)33/h7-18H,4-6,19-20H2,1-3H3. The molecule has 1 aliphatic carbocycles. The number of nitrogens with zero attached hydrogens (tertiary/aromatic N) is 1. The SMILES string of the molecule is CCc1c(Cn2c3ccccc3c3ccccc32)c(CC)c2c(c1CC)-c1ccccc1C2. The van der Waals surface area contributed by atoms with E-state index in [0.717, 1.165) is 32.2 Å². The minimum atomic E-state index is 0.941. The van der Waals surface area contributed by atoms with Gasteiger partial charge in [0.05, 0.1) is 0 Å². The molecule has 0 fully saturated rings. The Morgan fingerprint density at radius 3 is 1.82 bits per heavy atom. The molecule has 5 aromatic rings. The van der Waals surface area contributed by atoms with Crippen LogP contribution in [-0.2, 0) is 32.2 Å². The third kappa shape index (κ3) is 2.92. The van der Waals surface area contributed by atoms with Crippen molar-refractivity contribution in [2.75, 3.05) is 0 Å². The molecule has 0 amide bonds. The first kappa shape index (κ1) is 20.3. The normalized spacial score (nSPS) is 12.5. The number of para-hydroxylation sites is 2. The van der Waals surface area contributed by atoms with E-state index >= 15 is 0 Å². The minimum absolute atomic E-state index is 0.941. The van der Waals surface area contributed by atoms with Crippen LogP contribution in [0, 0.1) is 0 Å². The van der Waals surface area contributed by atoms with Gasteiger partial charge in [0.15, 0.2) is 0 Å². The number of fused-ring (bicyclic) bond motifs is 6. The third-order valence-corrected chi connectivity index (χ3v) is 7.77. The van der Waals surface area contributed by atoms with E-state index in [1.165, 1.54) is 32.9 Å². The summed E-state index contributed by atoms with van der Waals surface area (Å²) in [5, 5.41) is 2.71. The largest absolute Gasteiger partial charge is 0.336 e. The highest BCUT2D eigenvalue weighted by Crippen LogP contribution is 2.45. The van der Waals surface area contributed by atoms with Crippen molar-refractivity contribution in [3.8, 4) is 11.1 Å². The summed E-state index contributed by atoms with van der Waals surface area (Å²) < 4.78 is 2.56. The third-order valence-electron chi connectivity index (χ3n) is 7.77. The van der Waals surface area contributed by atoms with Gasteiger partial charge in [0.1, 0.15) is 0 Å². The van der Waals surface area contributed by atoms with E-state index in [-0.39, 0.29) is 0 Å². The molecule has 1 heterocycles. The lowest BCUT2D eigenvalue weighted by Gasteiger charge is -2.24. The first-order chi connectivity index (χ1) is 16.3. The minimum Gasteiger partial charge on any atom is -0.336 e. The van der Waals surface area contributed by atoms with Crippen LogP contribution < -0.4 is 0 Å². The molecular formula is C32H31N. The highest BCUT2D eigenvalue weighted by molar-refractivity contribution is 6.08. The van der Waals surface area contributed by atoms with Crippen LogP contribution in [0.2, 0.25) is 0 Å². The Labute approximate surface area is 196 Å². The lowest BCUT2D eigenvalue weighted by atomic mass is 9.83. The van der Waals surface area contributed by atoms with Crippen LogP contribution in [0.15, 0.2) is 72.8 Å². The maximum Gasteiger partial charge on any atom is 0.0494 e. The van der Waals surface area contributed by atoms with E-state index < -0.39 is 0 Å². The van der Waals surface area contributed by atoms with Gasteiger partial charge in [-0.3, -0.25) is 0 Å². The van der Waals surface area contributed by atoms with Crippen molar-refractivity contribution in [2.24, 2.45) is 0 Å². The Morgan fingerprint density at radius 2 is 1.18 bits per heavy atom. The summed E-state index contributed by atoms with van der Waals surface area (Å²) >= 11 is 0. The molecule has 0 radical (unpaired) electrons. The molecule has 33 heavy (non-hydrogen) atoms. The Balaban J connectivity index is 1.64. The first-order valence-corrected chi connectivity index (χ1v) is 12.5. The quantitative estimate of drug-likeness (QED) is 0.261. The Bertz CT molecular complexity index is 1460. The van der Waals surface area contributed by atoms with Gasteiger partial charge >= 0.3 is 0 Å². The molecule has 1 aliphatic rings. The molecule has 0 bridgehead atoms. The molecule has 1 aromatic heterocycles. The van der Waals surface area contributed by atoms with Crippen LogP contribution in [0.5, 0.6) is 0 Å². The molecule has 0 saturated carbocycles. The van der Waals surface area contributed by atoms with Crippen molar-refractivity contribution in [3.05, 3.63) is 106 Å². The van der Waals surface area contributed by atoms with E-state index in [1.54, 1.807) is 33.4 Å². The number of aromatic nitrogens is 1. The fraction of sp³-hybridized carbons (Fsp3) is 0.250. The van der Waals surface area contributed by atoms with Gasteiger partial charge in [-0.05, 0) is 82.3 Å². The van der Waals surface area contributed by atoms with Crippen molar-refractivity contribution in [3.63, 3.8) is 0 Å². The molecule has 4 aromatic carbocycles. The summed E-state index contributed by atoms with van der Waals surface area (Å²) in [7, 11) is 0. The van der Waals surface area contributed by atoms with Crippen molar-refractivity contribution < 1.29 is 0 Å². The summed E-state index contributed by atoms with van der Waals surface area (Å²) in [6.45, 7) is 7.97. The van der Waals surface area contributed by atoms with Crippen molar-refractivity contribution >= 4 is 21.8 Å². The van der Waals surface area contributed by atoms with Gasteiger partial charge < -0.3 is 4.57 Å². The molecule has 0 N–H and O–H groups in total.